The van der Waals surface area contributed by atoms with Crippen LogP contribution in [0.2, 0.25) is 0 Å². The molecule has 2 rings (SSSR count). The van der Waals surface area contributed by atoms with Crippen LogP contribution in [-0.4, -0.2) is 16.8 Å². The van der Waals surface area contributed by atoms with Gasteiger partial charge in [-0.2, -0.15) is 5.10 Å². The second-order valence-corrected chi connectivity index (χ2v) is 4.82. The van der Waals surface area contributed by atoms with Gasteiger partial charge in [-0.1, -0.05) is 13.0 Å². The van der Waals surface area contributed by atoms with Crippen LogP contribution in [0.15, 0.2) is 24.3 Å². The van der Waals surface area contributed by atoms with E-state index in [9.17, 15) is 8.78 Å². The Bertz CT molecular complexity index is 593. The van der Waals surface area contributed by atoms with Gasteiger partial charge in [-0.15, -0.1) is 0 Å². The molecule has 1 unspecified atom stereocenters. The summed E-state index contributed by atoms with van der Waals surface area (Å²) < 4.78 is 28.7. The first-order valence-electron chi connectivity index (χ1n) is 6.69. The number of nitrogens with one attached hydrogen (secondary N) is 1. The van der Waals surface area contributed by atoms with Gasteiger partial charge in [-0.25, -0.2) is 8.78 Å². The molecule has 3 nitrogen and oxygen atoms in total. The monoisotopic (exact) mass is 279 g/mol. The van der Waals surface area contributed by atoms with E-state index in [-0.39, 0.29) is 6.04 Å². The molecule has 1 N–H and O–H groups in total. The Morgan fingerprint density at radius 3 is 2.60 bits per heavy atom. The zero-order valence-corrected chi connectivity index (χ0v) is 12.0. The van der Waals surface area contributed by atoms with Crippen LogP contribution < -0.4 is 5.32 Å². The fourth-order valence-corrected chi connectivity index (χ4v) is 2.30. The minimum absolute atomic E-state index is 0.212. The first-order valence-corrected chi connectivity index (χ1v) is 6.69. The number of aryl methyl sites for hydroxylation is 2. The summed E-state index contributed by atoms with van der Waals surface area (Å²) in [4.78, 5) is 0. The molecule has 1 aromatic heterocycles. The highest BCUT2D eigenvalue weighted by atomic mass is 19.1. The first-order chi connectivity index (χ1) is 9.55. The summed E-state index contributed by atoms with van der Waals surface area (Å²) in [6, 6.07) is 5.49. The van der Waals surface area contributed by atoms with E-state index in [2.05, 4.69) is 10.4 Å². The summed E-state index contributed by atoms with van der Waals surface area (Å²) in [5.41, 5.74) is 2.50. The lowest BCUT2D eigenvalue weighted by Crippen LogP contribution is -2.21. The Balaban J connectivity index is 2.26. The van der Waals surface area contributed by atoms with Gasteiger partial charge in [0.05, 0.1) is 5.69 Å². The van der Waals surface area contributed by atoms with Crippen molar-refractivity contribution < 1.29 is 8.78 Å². The minimum atomic E-state index is -0.560. The van der Waals surface area contributed by atoms with E-state index in [4.69, 9.17) is 0 Å². The van der Waals surface area contributed by atoms with E-state index in [1.807, 2.05) is 24.7 Å². The van der Waals surface area contributed by atoms with Gasteiger partial charge in [0.25, 0.3) is 0 Å². The topological polar surface area (TPSA) is 29.9 Å². The summed E-state index contributed by atoms with van der Waals surface area (Å²) in [7, 11) is 3.65. The summed E-state index contributed by atoms with van der Waals surface area (Å²) in [6.45, 7) is 2.04. The summed E-state index contributed by atoms with van der Waals surface area (Å²) in [5, 5.41) is 7.46. The molecule has 1 heterocycles. The molecular weight excluding hydrogens is 260 g/mol. The van der Waals surface area contributed by atoms with Crippen molar-refractivity contribution in [3.05, 3.63) is 52.9 Å². The highest BCUT2D eigenvalue weighted by Crippen LogP contribution is 2.22. The van der Waals surface area contributed by atoms with E-state index in [0.717, 1.165) is 23.9 Å². The van der Waals surface area contributed by atoms with Crippen LogP contribution in [0.5, 0.6) is 0 Å². The molecule has 5 heteroatoms. The average molecular weight is 279 g/mol. The molecule has 0 amide bonds. The number of rotatable bonds is 5. The third-order valence-corrected chi connectivity index (χ3v) is 3.49. The standard InChI is InChI=1S/C15H19F2N3/c1-4-11-8-12(20(3)19-11)9-15(18-2)13-6-5-10(16)7-14(13)17/h5-8,15,18H,4,9H2,1-3H3. The van der Waals surface area contributed by atoms with Crippen molar-refractivity contribution in [2.24, 2.45) is 7.05 Å². The lowest BCUT2D eigenvalue weighted by atomic mass is 10.0. The second-order valence-electron chi connectivity index (χ2n) is 4.82. The first kappa shape index (κ1) is 14.7. The maximum atomic E-state index is 13.9. The molecule has 0 saturated carbocycles. The van der Waals surface area contributed by atoms with Crippen molar-refractivity contribution in [3.8, 4) is 0 Å². The molecule has 0 aliphatic heterocycles. The van der Waals surface area contributed by atoms with Gasteiger partial charge in [-0.05, 0) is 25.6 Å². The molecule has 0 fully saturated rings. The van der Waals surface area contributed by atoms with Gasteiger partial charge < -0.3 is 5.32 Å². The number of likely N-dealkylation sites (N-methyl/N-ethyl adjacent to an activating group) is 1. The van der Waals surface area contributed by atoms with Crippen LogP contribution in [0.1, 0.15) is 29.9 Å². The Hall–Kier alpha value is -1.75. The van der Waals surface area contributed by atoms with Crippen molar-refractivity contribution in [2.75, 3.05) is 7.05 Å². The van der Waals surface area contributed by atoms with Gasteiger partial charge in [0.15, 0.2) is 0 Å². The van der Waals surface area contributed by atoms with Gasteiger partial charge in [0.1, 0.15) is 11.6 Å². The molecule has 0 bridgehead atoms. The summed E-state index contributed by atoms with van der Waals surface area (Å²) >= 11 is 0. The normalized spacial score (nSPS) is 12.7. The molecule has 1 atom stereocenters. The Morgan fingerprint density at radius 2 is 2.05 bits per heavy atom. The van der Waals surface area contributed by atoms with E-state index in [1.54, 1.807) is 7.05 Å². The number of hydrogen-bond donors (Lipinski definition) is 1. The Labute approximate surface area is 117 Å². The maximum absolute atomic E-state index is 13.9. The highest BCUT2D eigenvalue weighted by Gasteiger charge is 2.17. The van der Waals surface area contributed by atoms with Crippen LogP contribution in [-0.2, 0) is 19.9 Å². The SMILES string of the molecule is CCc1cc(CC(NC)c2ccc(F)cc2F)n(C)n1. The number of benzene rings is 1. The molecule has 0 saturated heterocycles. The van der Waals surface area contributed by atoms with Gasteiger partial charge >= 0.3 is 0 Å². The van der Waals surface area contributed by atoms with Crippen LogP contribution in [0, 0.1) is 11.6 Å². The van der Waals surface area contributed by atoms with Crippen molar-refractivity contribution in [1.82, 2.24) is 15.1 Å². The molecule has 2 aromatic rings. The van der Waals surface area contributed by atoms with Gasteiger partial charge in [0.2, 0.25) is 0 Å². The van der Waals surface area contributed by atoms with E-state index in [0.29, 0.717) is 12.0 Å². The molecule has 0 spiro atoms. The predicted molar refractivity (Wildman–Crippen MR) is 74.4 cm³/mol. The molecule has 20 heavy (non-hydrogen) atoms. The molecule has 0 radical (unpaired) electrons. The molecule has 108 valence electrons. The van der Waals surface area contributed by atoms with Crippen LogP contribution in [0.4, 0.5) is 8.78 Å². The molecule has 1 aromatic carbocycles. The van der Waals surface area contributed by atoms with Crippen molar-refractivity contribution >= 4 is 0 Å². The largest absolute Gasteiger partial charge is 0.313 e. The fraction of sp³-hybridized carbons (Fsp3) is 0.400. The second kappa shape index (κ2) is 6.13. The molecule has 0 aliphatic carbocycles. The summed E-state index contributed by atoms with van der Waals surface area (Å²) in [5.74, 6) is -1.09. The van der Waals surface area contributed by atoms with Crippen LogP contribution in [0.25, 0.3) is 0 Å². The number of hydrogen-bond acceptors (Lipinski definition) is 2. The average Bonchev–Trinajstić information content (AvgIpc) is 2.77. The maximum Gasteiger partial charge on any atom is 0.130 e. The van der Waals surface area contributed by atoms with Crippen LogP contribution in [0.3, 0.4) is 0 Å². The summed E-state index contributed by atoms with van der Waals surface area (Å²) in [6.07, 6.45) is 1.46. The van der Waals surface area contributed by atoms with Crippen molar-refractivity contribution in [1.29, 1.82) is 0 Å². The van der Waals surface area contributed by atoms with Crippen LogP contribution >= 0.6 is 0 Å². The quantitative estimate of drug-likeness (QED) is 0.912. The zero-order chi connectivity index (χ0) is 14.7. The lowest BCUT2D eigenvalue weighted by molar-refractivity contribution is 0.510. The highest BCUT2D eigenvalue weighted by molar-refractivity contribution is 5.24. The zero-order valence-electron chi connectivity index (χ0n) is 12.0. The van der Waals surface area contributed by atoms with Crippen molar-refractivity contribution in [2.45, 2.75) is 25.8 Å². The van der Waals surface area contributed by atoms with E-state index >= 15 is 0 Å². The number of aromatic nitrogens is 2. The Kier molecular flexibility index (Phi) is 4.49. The van der Waals surface area contributed by atoms with Crippen molar-refractivity contribution in [3.63, 3.8) is 0 Å². The fourth-order valence-electron chi connectivity index (χ4n) is 2.30. The number of nitrogens with zero attached hydrogens (tertiary/aromatic N) is 2. The Morgan fingerprint density at radius 1 is 1.30 bits per heavy atom. The molecular formula is C15H19F2N3. The smallest absolute Gasteiger partial charge is 0.130 e. The van der Waals surface area contributed by atoms with Gasteiger partial charge in [0, 0.05) is 36.8 Å². The van der Waals surface area contributed by atoms with Gasteiger partial charge in [-0.3, -0.25) is 4.68 Å². The third-order valence-electron chi connectivity index (χ3n) is 3.49. The minimum Gasteiger partial charge on any atom is -0.313 e. The third kappa shape index (κ3) is 3.04. The lowest BCUT2D eigenvalue weighted by Gasteiger charge is -2.17. The predicted octanol–water partition coefficient (Wildman–Crippen LogP) is 2.76. The van der Waals surface area contributed by atoms with E-state index < -0.39 is 11.6 Å². The number of halogens is 2. The van der Waals surface area contributed by atoms with E-state index in [1.165, 1.54) is 12.1 Å². The molecule has 0 aliphatic rings.